The van der Waals surface area contributed by atoms with Gasteiger partial charge in [0.15, 0.2) is 0 Å². The molecule has 1 rings (SSSR count). The number of aliphatic carboxylic acids is 1. The zero-order valence-corrected chi connectivity index (χ0v) is 13.5. The molecule has 0 saturated heterocycles. The normalized spacial score (nSPS) is 11.5. The Bertz CT molecular complexity index is 480. The third-order valence-corrected chi connectivity index (χ3v) is 3.39. The van der Waals surface area contributed by atoms with Gasteiger partial charge >= 0.3 is 5.97 Å². The molecule has 0 aliphatic carbocycles. The van der Waals surface area contributed by atoms with E-state index in [1.54, 1.807) is 14.2 Å². The van der Waals surface area contributed by atoms with Crippen LogP contribution in [0.4, 0.5) is 0 Å². The minimum Gasteiger partial charge on any atom is -0.497 e. The highest BCUT2D eigenvalue weighted by Gasteiger charge is 2.23. The fourth-order valence-electron chi connectivity index (χ4n) is 2.09. The molecule has 0 heterocycles. The van der Waals surface area contributed by atoms with E-state index in [4.69, 9.17) is 14.6 Å². The molecule has 21 heavy (non-hydrogen) atoms. The lowest BCUT2D eigenvalue weighted by Gasteiger charge is -2.35. The van der Waals surface area contributed by atoms with Gasteiger partial charge in [0.05, 0.1) is 20.6 Å². The molecule has 0 spiro atoms. The molecular formula is C16H25NO4. The molecule has 0 unspecified atom stereocenters. The van der Waals surface area contributed by atoms with Crippen LogP contribution in [0.1, 0.15) is 32.8 Å². The summed E-state index contributed by atoms with van der Waals surface area (Å²) in [6.45, 7) is 7.31. The Kier molecular flexibility index (Phi) is 6.03. The summed E-state index contributed by atoms with van der Waals surface area (Å²) in [7, 11) is 3.25. The van der Waals surface area contributed by atoms with Crippen molar-refractivity contribution >= 4 is 5.97 Å². The summed E-state index contributed by atoms with van der Waals surface area (Å²) in [5.41, 5.74) is 0.848. The van der Waals surface area contributed by atoms with Gasteiger partial charge < -0.3 is 14.6 Å². The van der Waals surface area contributed by atoms with Crippen LogP contribution in [-0.2, 0) is 11.3 Å². The Morgan fingerprint density at radius 1 is 1.24 bits per heavy atom. The number of carbonyl (C=O) groups is 1. The number of nitrogens with zero attached hydrogens (tertiary/aromatic N) is 1. The molecule has 0 aromatic heterocycles. The predicted molar refractivity (Wildman–Crippen MR) is 82.0 cm³/mol. The molecule has 1 N–H and O–H groups in total. The highest BCUT2D eigenvalue weighted by atomic mass is 16.5. The van der Waals surface area contributed by atoms with Crippen LogP contribution in [0, 0.1) is 0 Å². The fourth-order valence-corrected chi connectivity index (χ4v) is 2.09. The van der Waals surface area contributed by atoms with E-state index in [0.29, 0.717) is 13.1 Å². The van der Waals surface area contributed by atoms with Crippen LogP contribution in [-0.4, -0.2) is 42.3 Å². The van der Waals surface area contributed by atoms with Gasteiger partial charge in [0.2, 0.25) is 0 Å². The minimum absolute atomic E-state index is 0.115. The van der Waals surface area contributed by atoms with Gasteiger partial charge in [-0.15, -0.1) is 0 Å². The molecule has 0 aliphatic heterocycles. The number of hydrogen-bond acceptors (Lipinski definition) is 4. The number of benzene rings is 1. The lowest BCUT2D eigenvalue weighted by molar-refractivity contribution is -0.137. The van der Waals surface area contributed by atoms with Gasteiger partial charge in [0.1, 0.15) is 11.5 Å². The molecule has 0 atom stereocenters. The first-order valence-corrected chi connectivity index (χ1v) is 6.95. The average Bonchev–Trinajstić information content (AvgIpc) is 2.41. The molecule has 0 fully saturated rings. The molecule has 5 heteroatoms. The molecule has 0 saturated carbocycles. The van der Waals surface area contributed by atoms with Gasteiger partial charge in [-0.25, -0.2) is 0 Å². The lowest BCUT2D eigenvalue weighted by Crippen LogP contribution is -2.42. The predicted octanol–water partition coefficient (Wildman–Crippen LogP) is 2.78. The second kappa shape index (κ2) is 7.31. The molecule has 0 bridgehead atoms. The van der Waals surface area contributed by atoms with E-state index in [1.807, 2.05) is 18.2 Å². The van der Waals surface area contributed by atoms with Crippen molar-refractivity contribution in [1.29, 1.82) is 0 Å². The van der Waals surface area contributed by atoms with E-state index in [0.717, 1.165) is 17.1 Å². The molecule has 0 amide bonds. The van der Waals surface area contributed by atoms with Crippen LogP contribution in [0.3, 0.4) is 0 Å². The third kappa shape index (κ3) is 5.27. The summed E-state index contributed by atoms with van der Waals surface area (Å²) >= 11 is 0. The van der Waals surface area contributed by atoms with E-state index in [2.05, 4.69) is 25.7 Å². The third-order valence-electron chi connectivity index (χ3n) is 3.39. The van der Waals surface area contributed by atoms with Gasteiger partial charge in [-0.3, -0.25) is 9.69 Å². The van der Waals surface area contributed by atoms with Crippen molar-refractivity contribution < 1.29 is 19.4 Å². The Hall–Kier alpha value is -1.75. The highest BCUT2D eigenvalue weighted by Crippen LogP contribution is 2.27. The summed E-state index contributed by atoms with van der Waals surface area (Å²) in [4.78, 5) is 13.0. The van der Waals surface area contributed by atoms with Crippen molar-refractivity contribution in [3.63, 3.8) is 0 Å². The first-order valence-electron chi connectivity index (χ1n) is 6.95. The first-order chi connectivity index (χ1) is 9.77. The van der Waals surface area contributed by atoms with E-state index in [1.165, 1.54) is 0 Å². The summed E-state index contributed by atoms with van der Waals surface area (Å²) in [6.07, 6.45) is 0.115. The second-order valence-corrected chi connectivity index (χ2v) is 5.91. The van der Waals surface area contributed by atoms with Crippen molar-refractivity contribution in [3.8, 4) is 11.5 Å². The Morgan fingerprint density at radius 2 is 1.90 bits per heavy atom. The van der Waals surface area contributed by atoms with Crippen molar-refractivity contribution in [2.75, 3.05) is 20.8 Å². The smallest absolute Gasteiger partial charge is 0.304 e. The zero-order chi connectivity index (χ0) is 16.0. The maximum absolute atomic E-state index is 10.8. The van der Waals surface area contributed by atoms with Crippen LogP contribution in [0.15, 0.2) is 18.2 Å². The van der Waals surface area contributed by atoms with Gasteiger partial charge in [-0.05, 0) is 39.0 Å². The Balaban J connectivity index is 2.99. The lowest BCUT2D eigenvalue weighted by atomic mass is 10.0. The molecule has 1 aromatic rings. The molecule has 118 valence electrons. The van der Waals surface area contributed by atoms with E-state index >= 15 is 0 Å². The minimum atomic E-state index is -0.790. The standard InChI is InChI=1S/C16H25NO4/c1-16(2,3)17(9-8-15(18)19)11-12-10-13(20-4)6-7-14(12)21-5/h6-7,10H,8-9,11H2,1-5H3,(H,18,19). The van der Waals surface area contributed by atoms with Crippen LogP contribution >= 0.6 is 0 Å². The summed E-state index contributed by atoms with van der Waals surface area (Å²) in [6, 6.07) is 5.64. The van der Waals surface area contributed by atoms with Gasteiger partial charge in [0.25, 0.3) is 0 Å². The quantitative estimate of drug-likeness (QED) is 0.838. The van der Waals surface area contributed by atoms with Gasteiger partial charge in [0, 0.05) is 24.2 Å². The fraction of sp³-hybridized carbons (Fsp3) is 0.562. The van der Waals surface area contributed by atoms with Gasteiger partial charge in [-0.1, -0.05) is 0 Å². The van der Waals surface area contributed by atoms with Crippen molar-refractivity contribution in [2.45, 2.75) is 39.3 Å². The largest absolute Gasteiger partial charge is 0.497 e. The van der Waals surface area contributed by atoms with E-state index in [-0.39, 0.29) is 12.0 Å². The maximum atomic E-state index is 10.8. The SMILES string of the molecule is COc1ccc(OC)c(CN(CCC(=O)O)C(C)(C)C)c1. The van der Waals surface area contributed by atoms with Gasteiger partial charge in [-0.2, -0.15) is 0 Å². The maximum Gasteiger partial charge on any atom is 0.304 e. The summed E-state index contributed by atoms with van der Waals surface area (Å²) in [5, 5.41) is 8.91. The number of hydrogen-bond donors (Lipinski definition) is 1. The van der Waals surface area contributed by atoms with Crippen molar-refractivity contribution in [2.24, 2.45) is 0 Å². The summed E-state index contributed by atoms with van der Waals surface area (Å²) in [5.74, 6) is 0.750. The molecule has 1 aromatic carbocycles. The molecular weight excluding hydrogens is 270 g/mol. The first kappa shape index (κ1) is 17.3. The van der Waals surface area contributed by atoms with Crippen LogP contribution < -0.4 is 9.47 Å². The van der Waals surface area contributed by atoms with Crippen LogP contribution in [0.2, 0.25) is 0 Å². The van der Waals surface area contributed by atoms with E-state index < -0.39 is 5.97 Å². The Morgan fingerprint density at radius 3 is 2.38 bits per heavy atom. The van der Waals surface area contributed by atoms with Crippen molar-refractivity contribution in [1.82, 2.24) is 4.90 Å². The summed E-state index contributed by atoms with van der Waals surface area (Å²) < 4.78 is 10.6. The van der Waals surface area contributed by atoms with Crippen molar-refractivity contribution in [3.05, 3.63) is 23.8 Å². The second-order valence-electron chi connectivity index (χ2n) is 5.91. The highest BCUT2D eigenvalue weighted by molar-refractivity contribution is 5.66. The number of carboxylic acids is 1. The number of ether oxygens (including phenoxy) is 2. The number of carboxylic acid groups (broad SMARTS) is 1. The number of methoxy groups -OCH3 is 2. The zero-order valence-electron chi connectivity index (χ0n) is 13.5. The van der Waals surface area contributed by atoms with Crippen LogP contribution in [0.5, 0.6) is 11.5 Å². The average molecular weight is 295 g/mol. The molecule has 5 nitrogen and oxygen atoms in total. The Labute approximate surface area is 126 Å². The topological polar surface area (TPSA) is 59.0 Å². The molecule has 0 radical (unpaired) electrons. The molecule has 0 aliphatic rings. The number of rotatable bonds is 7. The monoisotopic (exact) mass is 295 g/mol. The van der Waals surface area contributed by atoms with E-state index in [9.17, 15) is 4.79 Å². The van der Waals surface area contributed by atoms with Crippen LogP contribution in [0.25, 0.3) is 0 Å².